The number of hydrogen-bond acceptors (Lipinski definition) is 8. The van der Waals surface area contributed by atoms with Gasteiger partial charge in [-0.15, -0.1) is 0 Å². The van der Waals surface area contributed by atoms with Crippen LogP contribution in [-0.4, -0.2) is 40.5 Å². The van der Waals surface area contributed by atoms with Crippen molar-refractivity contribution in [3.63, 3.8) is 0 Å². The minimum absolute atomic E-state index is 0.0527. The summed E-state index contributed by atoms with van der Waals surface area (Å²) in [4.78, 5) is 49.5. The van der Waals surface area contributed by atoms with E-state index in [1.165, 1.54) is 37.5 Å². The van der Waals surface area contributed by atoms with Gasteiger partial charge in [-0.1, -0.05) is 17.7 Å². The lowest BCUT2D eigenvalue weighted by Crippen LogP contribution is -2.36. The normalized spacial score (nSPS) is 14.4. The number of ether oxygens (including phenoxy) is 1. The Morgan fingerprint density at radius 1 is 1.22 bits per heavy atom. The Morgan fingerprint density at radius 3 is 2.72 bits per heavy atom. The molecule has 3 aromatic rings. The number of benzene rings is 2. The summed E-state index contributed by atoms with van der Waals surface area (Å²) >= 11 is 6.62. The monoisotopic (exact) mass is 527 g/mol. The molecule has 1 aromatic heterocycles. The zero-order chi connectivity index (χ0) is 26.0. The molecule has 4 rings (SSSR count). The molecule has 2 heterocycles. The summed E-state index contributed by atoms with van der Waals surface area (Å²) in [6.45, 7) is 1.31. The topological polar surface area (TPSA) is 132 Å². The SMILES string of the molecule is COc1ccc(-c2ccc(/C=C3/SC(=O)N(CC(=O)Nc4cc(Cl)ccc4C)C3=O)o2)c([N+](=O)[O-])c1. The molecule has 1 fully saturated rings. The maximum Gasteiger partial charge on any atom is 0.294 e. The fraction of sp³-hybridized carbons (Fsp3) is 0.125. The van der Waals surface area contributed by atoms with Crippen LogP contribution in [0.25, 0.3) is 17.4 Å². The number of nitrogens with zero attached hydrogens (tertiary/aromatic N) is 2. The van der Waals surface area contributed by atoms with E-state index in [9.17, 15) is 24.5 Å². The highest BCUT2D eigenvalue weighted by Gasteiger charge is 2.36. The fourth-order valence-electron chi connectivity index (χ4n) is 3.40. The second-order valence-electron chi connectivity index (χ2n) is 7.62. The molecule has 0 aliphatic carbocycles. The van der Waals surface area contributed by atoms with Crippen molar-refractivity contribution in [2.45, 2.75) is 6.92 Å². The molecule has 1 aliphatic heterocycles. The van der Waals surface area contributed by atoms with E-state index in [0.717, 1.165) is 10.5 Å². The van der Waals surface area contributed by atoms with Gasteiger partial charge >= 0.3 is 0 Å². The summed E-state index contributed by atoms with van der Waals surface area (Å²) in [6, 6.07) is 12.4. The number of carbonyl (C=O) groups excluding carboxylic acids is 3. The van der Waals surface area contributed by atoms with Crippen LogP contribution in [0.2, 0.25) is 5.02 Å². The van der Waals surface area contributed by atoms with Crippen molar-refractivity contribution in [2.75, 3.05) is 19.0 Å². The maximum absolute atomic E-state index is 12.8. The van der Waals surface area contributed by atoms with Crippen molar-refractivity contribution in [1.82, 2.24) is 4.90 Å². The Bertz CT molecular complexity index is 1430. The van der Waals surface area contributed by atoms with Crippen LogP contribution in [0.5, 0.6) is 5.75 Å². The average molecular weight is 528 g/mol. The summed E-state index contributed by atoms with van der Waals surface area (Å²) < 4.78 is 10.7. The van der Waals surface area contributed by atoms with Gasteiger partial charge in [0.05, 0.1) is 28.6 Å². The van der Waals surface area contributed by atoms with E-state index < -0.39 is 28.5 Å². The van der Waals surface area contributed by atoms with E-state index in [4.69, 9.17) is 20.8 Å². The molecule has 3 amide bonds. The minimum Gasteiger partial charge on any atom is -0.497 e. The van der Waals surface area contributed by atoms with Crippen molar-refractivity contribution < 1.29 is 28.5 Å². The highest BCUT2D eigenvalue weighted by Crippen LogP contribution is 2.36. The fourth-order valence-corrected chi connectivity index (χ4v) is 4.39. The number of carbonyl (C=O) groups is 3. The third kappa shape index (κ3) is 5.26. The third-order valence-electron chi connectivity index (χ3n) is 5.22. The quantitative estimate of drug-likeness (QED) is 0.242. The number of furan rings is 1. The highest BCUT2D eigenvalue weighted by molar-refractivity contribution is 8.18. The number of imide groups is 1. The molecule has 36 heavy (non-hydrogen) atoms. The van der Waals surface area contributed by atoms with E-state index in [2.05, 4.69) is 5.32 Å². The van der Waals surface area contributed by atoms with Crippen molar-refractivity contribution in [3.05, 3.63) is 79.9 Å². The molecule has 0 radical (unpaired) electrons. The first-order valence-corrected chi connectivity index (χ1v) is 11.6. The second-order valence-corrected chi connectivity index (χ2v) is 9.05. The molecule has 12 heteroatoms. The van der Waals surface area contributed by atoms with Crippen LogP contribution in [0.4, 0.5) is 16.2 Å². The van der Waals surface area contributed by atoms with Crippen LogP contribution < -0.4 is 10.1 Å². The Morgan fingerprint density at radius 2 is 2.00 bits per heavy atom. The first kappa shape index (κ1) is 25.0. The first-order valence-electron chi connectivity index (χ1n) is 10.4. The Kier molecular flexibility index (Phi) is 7.13. The summed E-state index contributed by atoms with van der Waals surface area (Å²) in [7, 11) is 1.40. The lowest BCUT2D eigenvalue weighted by molar-refractivity contribution is -0.384. The molecule has 0 saturated carbocycles. The first-order chi connectivity index (χ1) is 17.2. The number of nitrogens with one attached hydrogen (secondary N) is 1. The molecule has 0 spiro atoms. The van der Waals surface area contributed by atoms with Gasteiger partial charge in [-0.05, 0) is 60.6 Å². The second kappa shape index (κ2) is 10.3. The van der Waals surface area contributed by atoms with Crippen LogP contribution in [-0.2, 0) is 9.59 Å². The van der Waals surface area contributed by atoms with E-state index in [-0.39, 0.29) is 27.7 Å². The number of methoxy groups -OCH3 is 1. The molecule has 1 N–H and O–H groups in total. The molecule has 2 aromatic carbocycles. The predicted octanol–water partition coefficient (Wildman–Crippen LogP) is 5.50. The predicted molar refractivity (Wildman–Crippen MR) is 135 cm³/mol. The van der Waals surface area contributed by atoms with E-state index in [1.807, 2.05) is 0 Å². The Balaban J connectivity index is 1.50. The van der Waals surface area contributed by atoms with Gasteiger partial charge in [0.1, 0.15) is 23.8 Å². The van der Waals surface area contributed by atoms with Gasteiger partial charge in [-0.3, -0.25) is 29.4 Å². The van der Waals surface area contributed by atoms with Gasteiger partial charge < -0.3 is 14.5 Å². The summed E-state index contributed by atoms with van der Waals surface area (Å²) in [5.41, 5.74) is 1.26. The summed E-state index contributed by atoms with van der Waals surface area (Å²) in [6.07, 6.45) is 1.35. The Hall–Kier alpha value is -4.09. The third-order valence-corrected chi connectivity index (χ3v) is 6.36. The summed E-state index contributed by atoms with van der Waals surface area (Å²) in [5, 5.41) is 13.9. The van der Waals surface area contributed by atoms with E-state index in [0.29, 0.717) is 28.2 Å². The maximum atomic E-state index is 12.8. The van der Waals surface area contributed by atoms with Crippen LogP contribution >= 0.6 is 23.4 Å². The molecule has 0 atom stereocenters. The number of nitro groups is 1. The molecule has 1 saturated heterocycles. The van der Waals surface area contributed by atoms with E-state index >= 15 is 0 Å². The highest BCUT2D eigenvalue weighted by atomic mass is 35.5. The number of nitro benzene ring substituents is 1. The number of thioether (sulfide) groups is 1. The average Bonchev–Trinajstić information content (AvgIpc) is 3.41. The van der Waals surface area contributed by atoms with Crippen LogP contribution in [0.3, 0.4) is 0 Å². The van der Waals surface area contributed by atoms with Crippen LogP contribution in [0.15, 0.2) is 57.9 Å². The van der Waals surface area contributed by atoms with Crippen molar-refractivity contribution in [3.8, 4) is 17.1 Å². The zero-order valence-corrected chi connectivity index (χ0v) is 20.5. The molecule has 1 aliphatic rings. The number of aryl methyl sites for hydroxylation is 1. The minimum atomic E-state index is -0.656. The van der Waals surface area contributed by atoms with Crippen LogP contribution in [0, 0.1) is 17.0 Å². The number of rotatable bonds is 7. The molecule has 0 unspecified atom stereocenters. The molecule has 10 nitrogen and oxygen atoms in total. The molecule has 0 bridgehead atoms. The molecular weight excluding hydrogens is 510 g/mol. The number of halogens is 1. The smallest absolute Gasteiger partial charge is 0.294 e. The van der Waals surface area contributed by atoms with E-state index in [1.54, 1.807) is 31.2 Å². The lowest BCUT2D eigenvalue weighted by atomic mass is 10.1. The number of anilines is 1. The van der Waals surface area contributed by atoms with Gasteiger partial charge in [0.15, 0.2) is 0 Å². The largest absolute Gasteiger partial charge is 0.497 e. The van der Waals surface area contributed by atoms with Crippen LogP contribution in [0.1, 0.15) is 11.3 Å². The van der Waals surface area contributed by atoms with Crippen molar-refractivity contribution >= 4 is 57.9 Å². The van der Waals surface area contributed by atoms with Gasteiger partial charge in [0.25, 0.3) is 16.8 Å². The molecular formula is C24H18ClN3O7S. The van der Waals surface area contributed by atoms with Gasteiger partial charge in [-0.2, -0.15) is 0 Å². The molecule has 184 valence electrons. The Labute approximate surface area is 214 Å². The lowest BCUT2D eigenvalue weighted by Gasteiger charge is -2.13. The number of hydrogen-bond donors (Lipinski definition) is 1. The standard InChI is InChI=1S/C24H18ClN3O7S/c1-13-3-4-14(25)9-18(13)26-22(29)12-27-23(30)21(36-24(27)31)11-16-6-8-20(35-16)17-7-5-15(34-2)10-19(17)28(32)33/h3-11H,12H2,1-2H3,(H,26,29)/b21-11+. The van der Waals surface area contributed by atoms with Crippen molar-refractivity contribution in [1.29, 1.82) is 0 Å². The van der Waals surface area contributed by atoms with Gasteiger partial charge in [0, 0.05) is 16.8 Å². The van der Waals surface area contributed by atoms with Gasteiger partial charge in [0.2, 0.25) is 5.91 Å². The summed E-state index contributed by atoms with van der Waals surface area (Å²) in [5.74, 6) is -0.487. The zero-order valence-electron chi connectivity index (χ0n) is 18.9. The van der Waals surface area contributed by atoms with Crippen molar-refractivity contribution in [2.24, 2.45) is 0 Å². The number of amides is 3. The van der Waals surface area contributed by atoms with Gasteiger partial charge in [-0.25, -0.2) is 0 Å².